The molecule has 1 fully saturated rings. The van der Waals surface area contributed by atoms with Gasteiger partial charge in [-0.2, -0.15) is 0 Å². The first kappa shape index (κ1) is 43.0. The number of rotatable bonds is 18. The molecule has 6 rings (SSSR count). The number of nitrogens with zero attached hydrogens (tertiary/aromatic N) is 2. The van der Waals surface area contributed by atoms with E-state index in [1.165, 1.54) is 0 Å². The summed E-state index contributed by atoms with van der Waals surface area (Å²) in [4.78, 5) is 35.8. The van der Waals surface area contributed by atoms with Gasteiger partial charge >= 0.3 is 6.09 Å². The monoisotopic (exact) mass is 803 g/mol. The van der Waals surface area contributed by atoms with Crippen molar-refractivity contribution in [2.45, 2.75) is 109 Å². The Morgan fingerprint density at radius 3 is 2.47 bits per heavy atom. The number of nitrogens with one attached hydrogen (secondary N) is 1. The average Bonchev–Trinajstić information content (AvgIpc) is 3.68. The van der Waals surface area contributed by atoms with Gasteiger partial charge in [-0.1, -0.05) is 37.1 Å². The minimum absolute atomic E-state index is 0.0146. The Morgan fingerprint density at radius 2 is 1.76 bits per heavy atom. The van der Waals surface area contributed by atoms with Crippen molar-refractivity contribution in [3.05, 3.63) is 71.8 Å². The van der Waals surface area contributed by atoms with E-state index < -0.39 is 29.4 Å². The lowest BCUT2D eigenvalue weighted by atomic mass is 9.55. The number of hydrogen-bond acceptors (Lipinski definition) is 11. The van der Waals surface area contributed by atoms with E-state index in [1.54, 1.807) is 30.3 Å². The van der Waals surface area contributed by atoms with E-state index in [9.17, 15) is 19.8 Å². The minimum Gasteiger partial charge on any atom is -0.459 e. The minimum atomic E-state index is -1.42. The zero-order chi connectivity index (χ0) is 41.5. The highest BCUT2D eigenvalue weighted by Gasteiger charge is 2.65. The summed E-state index contributed by atoms with van der Waals surface area (Å²) in [7, 11) is 0. The Morgan fingerprint density at radius 1 is 1.02 bits per heavy atom. The Balaban J connectivity index is 1.60. The number of carbonyl (C=O) groups is 2. The number of aliphatic hydroxyl groups excluding tert-OH is 2. The van der Waals surface area contributed by atoms with Gasteiger partial charge in [0.1, 0.15) is 23.1 Å². The van der Waals surface area contributed by atoms with Crippen molar-refractivity contribution in [2.24, 2.45) is 22.9 Å². The lowest BCUT2D eigenvalue weighted by Crippen LogP contribution is -2.70. The topological polar surface area (TPSA) is 158 Å². The molecule has 0 saturated heterocycles. The summed E-state index contributed by atoms with van der Waals surface area (Å²) >= 11 is 0. The second-order valence-electron chi connectivity index (χ2n) is 16.5. The first-order valence-corrected chi connectivity index (χ1v) is 20.9. The van der Waals surface area contributed by atoms with Crippen molar-refractivity contribution < 1.29 is 48.3 Å². The van der Waals surface area contributed by atoms with E-state index in [1.807, 2.05) is 51.7 Å². The van der Waals surface area contributed by atoms with Crippen LogP contribution >= 0.6 is 0 Å². The number of ether oxygens (including phenoxy) is 5. The fourth-order valence-corrected chi connectivity index (χ4v) is 9.03. The number of carbonyl (C=O) groups excluding carboxylic acids is 2. The first-order chi connectivity index (χ1) is 28.0. The highest BCUT2D eigenvalue weighted by molar-refractivity contribution is 6.03. The highest BCUT2D eigenvalue weighted by atomic mass is 16.7. The zero-order valence-corrected chi connectivity index (χ0v) is 34.7. The van der Waals surface area contributed by atoms with Crippen LogP contribution < -0.4 is 24.3 Å². The molecular weight excluding hydrogens is 743 g/mol. The first-order valence-electron chi connectivity index (χ1n) is 20.9. The smallest absolute Gasteiger partial charge is 0.412 e. The summed E-state index contributed by atoms with van der Waals surface area (Å²) in [6.07, 6.45) is 8.84. The van der Waals surface area contributed by atoms with Crippen molar-refractivity contribution in [3.63, 3.8) is 0 Å². The number of aliphatic hydroxyl groups is 2. The Labute approximate surface area is 342 Å². The van der Waals surface area contributed by atoms with E-state index in [0.717, 1.165) is 36.8 Å². The number of amides is 2. The standard InChI is InChI=1S/C45H61N3O10/c1-7-20-48(42(51)30-16-18-37-38(25-30)54-28-53-37)39-27-35(47-58-44(4,5)6)33-24-29(14-10-12-21-49)32(15-11-13-22-50)40-34-26-31(56-43(52)46-9-3)17-19-36(34)57-45(39,41(33)40)55-23-8-2/h8,16-19,24-26,29,32,39-41,49-50H,2,7,9-15,20-23,27-28H2,1,3-6H3,(H,46,52)/t29-,32+,39-,40+,41+,45+/m0/s1. The average molecular weight is 804 g/mol. The second kappa shape index (κ2) is 19.0. The molecular formula is C45H61N3O10. The van der Waals surface area contributed by atoms with Crippen molar-refractivity contribution >= 4 is 17.7 Å². The molecule has 0 spiro atoms. The van der Waals surface area contributed by atoms with Crippen LogP contribution in [-0.2, 0) is 9.57 Å². The predicted molar refractivity (Wildman–Crippen MR) is 219 cm³/mol. The fourth-order valence-electron chi connectivity index (χ4n) is 9.03. The second-order valence-corrected chi connectivity index (χ2v) is 16.5. The zero-order valence-electron chi connectivity index (χ0n) is 34.7. The van der Waals surface area contributed by atoms with Crippen LogP contribution in [0.2, 0.25) is 0 Å². The molecule has 0 bridgehead atoms. The van der Waals surface area contributed by atoms with Gasteiger partial charge in [0.25, 0.3) is 5.91 Å². The lowest BCUT2D eigenvalue weighted by Gasteiger charge is -2.60. The van der Waals surface area contributed by atoms with Gasteiger partial charge in [0.05, 0.1) is 18.2 Å². The molecule has 0 radical (unpaired) electrons. The molecule has 0 aromatic heterocycles. The van der Waals surface area contributed by atoms with Crippen molar-refractivity contribution in [3.8, 4) is 23.0 Å². The van der Waals surface area contributed by atoms with Crippen LogP contribution in [0.25, 0.3) is 0 Å². The molecule has 316 valence electrons. The van der Waals surface area contributed by atoms with Gasteiger partial charge in [0.15, 0.2) is 11.5 Å². The number of hydrogen-bond donors (Lipinski definition) is 3. The number of oxime groups is 1. The number of fused-ring (bicyclic) bond motifs is 3. The van der Waals surface area contributed by atoms with Gasteiger partial charge in [-0.25, -0.2) is 4.79 Å². The van der Waals surface area contributed by atoms with E-state index in [0.29, 0.717) is 66.6 Å². The molecule has 2 aromatic carbocycles. The molecule has 4 aliphatic rings. The Hall–Kier alpha value is -4.59. The third-order valence-corrected chi connectivity index (χ3v) is 11.3. The maximum Gasteiger partial charge on any atom is 0.412 e. The van der Waals surface area contributed by atoms with Crippen molar-refractivity contribution in [1.82, 2.24) is 10.2 Å². The summed E-state index contributed by atoms with van der Waals surface area (Å²) in [6.45, 7) is 14.9. The van der Waals surface area contributed by atoms with Crippen LogP contribution in [0.4, 0.5) is 4.79 Å². The van der Waals surface area contributed by atoms with Crippen LogP contribution in [0.5, 0.6) is 23.0 Å². The molecule has 2 aliphatic heterocycles. The van der Waals surface area contributed by atoms with Crippen LogP contribution in [0.3, 0.4) is 0 Å². The predicted octanol–water partition coefficient (Wildman–Crippen LogP) is 7.51. The highest BCUT2D eigenvalue weighted by Crippen LogP contribution is 2.62. The van der Waals surface area contributed by atoms with Crippen LogP contribution in [0.1, 0.15) is 108 Å². The summed E-state index contributed by atoms with van der Waals surface area (Å²) in [5.74, 6) is -0.313. The summed E-state index contributed by atoms with van der Waals surface area (Å²) < 4.78 is 31.4. The van der Waals surface area contributed by atoms with E-state index >= 15 is 0 Å². The van der Waals surface area contributed by atoms with Gasteiger partial charge in [0, 0.05) is 49.8 Å². The van der Waals surface area contributed by atoms with Gasteiger partial charge in [-0.15, -0.1) is 6.58 Å². The molecule has 13 heteroatoms. The number of allylic oxidation sites excluding steroid dienone is 1. The van der Waals surface area contributed by atoms with Gasteiger partial charge in [-0.3, -0.25) is 4.79 Å². The van der Waals surface area contributed by atoms with E-state index in [-0.39, 0.29) is 56.7 Å². The number of benzene rings is 2. The molecule has 13 nitrogen and oxygen atoms in total. The molecule has 2 heterocycles. The normalized spacial score (nSPS) is 24.8. The van der Waals surface area contributed by atoms with Gasteiger partial charge in [0.2, 0.25) is 12.6 Å². The summed E-state index contributed by atoms with van der Waals surface area (Å²) in [6, 6.07) is 9.99. The maximum atomic E-state index is 15.0. The quantitative estimate of drug-likeness (QED) is 0.0783. The maximum absolute atomic E-state index is 15.0. The summed E-state index contributed by atoms with van der Waals surface area (Å²) in [5, 5.41) is 27.4. The van der Waals surface area contributed by atoms with Crippen LogP contribution in [0, 0.1) is 17.8 Å². The van der Waals surface area contributed by atoms with Crippen molar-refractivity contribution in [1.29, 1.82) is 0 Å². The van der Waals surface area contributed by atoms with Crippen LogP contribution in [-0.4, -0.2) is 90.0 Å². The Bertz CT molecular complexity index is 1840. The fraction of sp³-hybridized carbons (Fsp3) is 0.578. The number of unbranched alkanes of at least 4 members (excludes halogenated alkanes) is 2. The van der Waals surface area contributed by atoms with Crippen molar-refractivity contribution in [2.75, 3.05) is 39.7 Å². The third-order valence-electron chi connectivity index (χ3n) is 11.3. The van der Waals surface area contributed by atoms with Crippen LogP contribution in [0.15, 0.2) is 65.9 Å². The van der Waals surface area contributed by atoms with Gasteiger partial charge < -0.3 is 49.0 Å². The molecule has 2 aliphatic carbocycles. The molecule has 2 aromatic rings. The SMILES string of the molecule is C=CCO[C@@]12Oc3ccc(OC(=O)NCC)cc3[C@H]3[C@H](CCCCO)[C@@H](CCCCO)C=C(C(=NOC(C)(C)C)C[C@@H]1N(CCC)C(=O)c1ccc4c(c1)OCO4)[C@H]32. The molecule has 0 unspecified atom stereocenters. The Kier molecular flexibility index (Phi) is 14.1. The molecule has 58 heavy (non-hydrogen) atoms. The lowest BCUT2D eigenvalue weighted by molar-refractivity contribution is -0.254. The van der Waals surface area contributed by atoms with E-state index in [2.05, 4.69) is 18.0 Å². The molecule has 2 amide bonds. The molecule has 3 N–H and O–H groups in total. The third kappa shape index (κ3) is 9.16. The van der Waals surface area contributed by atoms with E-state index in [4.69, 9.17) is 33.7 Å². The van der Waals surface area contributed by atoms with Gasteiger partial charge in [-0.05, 0) is 114 Å². The molecule has 1 saturated carbocycles. The largest absolute Gasteiger partial charge is 0.459 e. The molecule has 6 atom stereocenters. The summed E-state index contributed by atoms with van der Waals surface area (Å²) in [5.41, 5.74) is 2.32.